The molecule has 0 fully saturated rings. The molecule has 0 spiro atoms. The van der Waals surface area contributed by atoms with Crippen molar-refractivity contribution in [2.75, 3.05) is 5.73 Å². The Morgan fingerprint density at radius 2 is 2.00 bits per heavy atom. The second-order valence-electron chi connectivity index (χ2n) is 2.54. The normalized spacial score (nSPS) is 10.4. The molecule has 0 unspecified atom stereocenters. The summed E-state index contributed by atoms with van der Waals surface area (Å²) < 4.78 is 1.08. The Morgan fingerprint density at radius 3 is 2.83 bits per heavy atom. The van der Waals surface area contributed by atoms with Crippen molar-refractivity contribution in [1.29, 1.82) is 0 Å². The van der Waals surface area contributed by atoms with Crippen LogP contribution in [0.25, 0.3) is 10.9 Å². The highest BCUT2D eigenvalue weighted by Crippen LogP contribution is 2.23. The molecule has 0 aliphatic rings. The molecule has 0 amide bonds. The van der Waals surface area contributed by atoms with Gasteiger partial charge >= 0.3 is 0 Å². The summed E-state index contributed by atoms with van der Waals surface area (Å²) in [5.41, 5.74) is 7.46. The van der Waals surface area contributed by atoms with Crippen LogP contribution in [0.5, 0.6) is 0 Å². The summed E-state index contributed by atoms with van der Waals surface area (Å²) in [7, 11) is 0. The van der Waals surface area contributed by atoms with Gasteiger partial charge in [0.05, 0.1) is 17.4 Å². The first-order chi connectivity index (χ1) is 5.79. The van der Waals surface area contributed by atoms with Gasteiger partial charge in [-0.25, -0.2) is 0 Å². The minimum Gasteiger partial charge on any atom is -0.397 e. The summed E-state index contributed by atoms with van der Waals surface area (Å²) >= 11 is 2.24. The van der Waals surface area contributed by atoms with Crippen LogP contribution < -0.4 is 5.73 Å². The van der Waals surface area contributed by atoms with Crippen molar-refractivity contribution in [3.8, 4) is 0 Å². The largest absolute Gasteiger partial charge is 0.397 e. The number of halogens is 1. The number of anilines is 1. The highest BCUT2D eigenvalue weighted by atomic mass is 127. The SMILES string of the molecule is Nc1cnc2ccccc2c1I. The Morgan fingerprint density at radius 1 is 1.25 bits per heavy atom. The molecule has 2 aromatic rings. The van der Waals surface area contributed by atoms with Crippen molar-refractivity contribution in [3.63, 3.8) is 0 Å². The fourth-order valence-electron chi connectivity index (χ4n) is 1.12. The Balaban J connectivity index is 2.91. The maximum atomic E-state index is 5.72. The van der Waals surface area contributed by atoms with Crippen LogP contribution in [-0.2, 0) is 0 Å². The van der Waals surface area contributed by atoms with Crippen LogP contribution in [0, 0.1) is 3.57 Å². The Kier molecular flexibility index (Phi) is 1.88. The van der Waals surface area contributed by atoms with E-state index in [-0.39, 0.29) is 0 Å². The molecule has 3 heteroatoms. The van der Waals surface area contributed by atoms with Crippen molar-refractivity contribution >= 4 is 39.2 Å². The second-order valence-corrected chi connectivity index (χ2v) is 3.62. The van der Waals surface area contributed by atoms with E-state index < -0.39 is 0 Å². The fourth-order valence-corrected chi connectivity index (χ4v) is 1.72. The van der Waals surface area contributed by atoms with E-state index in [1.54, 1.807) is 6.20 Å². The molecule has 1 heterocycles. The zero-order chi connectivity index (χ0) is 8.55. The minimum absolute atomic E-state index is 0.745. The fraction of sp³-hybridized carbons (Fsp3) is 0. The predicted octanol–water partition coefficient (Wildman–Crippen LogP) is 2.42. The number of nitrogens with two attached hydrogens (primary N) is 1. The van der Waals surface area contributed by atoms with E-state index in [0.717, 1.165) is 20.2 Å². The lowest BCUT2D eigenvalue weighted by molar-refractivity contribution is 1.40. The summed E-state index contributed by atoms with van der Waals surface area (Å²) in [6.45, 7) is 0. The lowest BCUT2D eigenvalue weighted by Gasteiger charge is -2.01. The number of aromatic nitrogens is 1. The summed E-state index contributed by atoms with van der Waals surface area (Å²) in [6, 6.07) is 7.98. The lowest BCUT2D eigenvalue weighted by atomic mass is 10.2. The van der Waals surface area contributed by atoms with Crippen molar-refractivity contribution in [3.05, 3.63) is 34.0 Å². The van der Waals surface area contributed by atoms with E-state index >= 15 is 0 Å². The van der Waals surface area contributed by atoms with E-state index in [0.29, 0.717) is 0 Å². The average Bonchev–Trinajstić information content (AvgIpc) is 2.12. The average molecular weight is 270 g/mol. The zero-order valence-corrected chi connectivity index (χ0v) is 8.45. The van der Waals surface area contributed by atoms with Crippen LogP contribution in [0.15, 0.2) is 30.5 Å². The molecular formula is C9H7IN2. The molecule has 1 aromatic heterocycles. The van der Waals surface area contributed by atoms with E-state index in [1.807, 2.05) is 24.3 Å². The van der Waals surface area contributed by atoms with Gasteiger partial charge in [-0.1, -0.05) is 18.2 Å². The van der Waals surface area contributed by atoms with E-state index in [4.69, 9.17) is 5.73 Å². The number of pyridine rings is 1. The van der Waals surface area contributed by atoms with Gasteiger partial charge in [-0.15, -0.1) is 0 Å². The van der Waals surface area contributed by atoms with E-state index in [2.05, 4.69) is 27.6 Å². The first-order valence-electron chi connectivity index (χ1n) is 3.58. The smallest absolute Gasteiger partial charge is 0.0714 e. The first kappa shape index (κ1) is 7.79. The highest BCUT2D eigenvalue weighted by molar-refractivity contribution is 14.1. The Labute approximate surface area is 83.9 Å². The molecule has 1 aromatic carbocycles. The topological polar surface area (TPSA) is 38.9 Å². The van der Waals surface area contributed by atoms with Crippen LogP contribution in [-0.4, -0.2) is 4.98 Å². The van der Waals surface area contributed by atoms with Gasteiger partial charge in [-0.2, -0.15) is 0 Å². The van der Waals surface area contributed by atoms with Gasteiger partial charge in [0, 0.05) is 8.96 Å². The first-order valence-corrected chi connectivity index (χ1v) is 4.65. The summed E-state index contributed by atoms with van der Waals surface area (Å²) in [4.78, 5) is 4.21. The monoisotopic (exact) mass is 270 g/mol. The molecule has 2 nitrogen and oxygen atoms in total. The third-order valence-corrected chi connectivity index (χ3v) is 2.94. The molecule has 0 radical (unpaired) electrons. The Hall–Kier alpha value is -0.840. The van der Waals surface area contributed by atoms with Crippen LogP contribution in [0.1, 0.15) is 0 Å². The van der Waals surface area contributed by atoms with Crippen LogP contribution in [0.4, 0.5) is 5.69 Å². The number of rotatable bonds is 0. The lowest BCUT2D eigenvalue weighted by Crippen LogP contribution is -1.91. The van der Waals surface area contributed by atoms with Crippen LogP contribution >= 0.6 is 22.6 Å². The standard InChI is InChI=1S/C9H7IN2/c10-9-6-3-1-2-4-8(6)12-5-7(9)11/h1-5H,11H2. The van der Waals surface area contributed by atoms with Gasteiger partial charge in [0.2, 0.25) is 0 Å². The summed E-state index contributed by atoms with van der Waals surface area (Å²) in [5, 5.41) is 1.12. The zero-order valence-electron chi connectivity index (χ0n) is 6.29. The molecule has 0 atom stereocenters. The predicted molar refractivity (Wildman–Crippen MR) is 58.9 cm³/mol. The van der Waals surface area contributed by atoms with Gasteiger partial charge in [-0.05, 0) is 28.7 Å². The summed E-state index contributed by atoms with van der Waals surface area (Å²) in [6.07, 6.45) is 1.70. The van der Waals surface area contributed by atoms with Gasteiger partial charge in [0.15, 0.2) is 0 Å². The number of para-hydroxylation sites is 1. The summed E-state index contributed by atoms with van der Waals surface area (Å²) in [5.74, 6) is 0. The number of hydrogen-bond donors (Lipinski definition) is 1. The molecule has 2 rings (SSSR count). The maximum absolute atomic E-state index is 5.72. The second kappa shape index (κ2) is 2.90. The minimum atomic E-state index is 0.745. The molecular weight excluding hydrogens is 263 g/mol. The number of nitrogens with zero attached hydrogens (tertiary/aromatic N) is 1. The van der Waals surface area contributed by atoms with Gasteiger partial charge in [0.1, 0.15) is 0 Å². The Bertz CT molecular complexity index is 426. The van der Waals surface area contributed by atoms with E-state index in [9.17, 15) is 0 Å². The number of hydrogen-bond acceptors (Lipinski definition) is 2. The van der Waals surface area contributed by atoms with Crippen molar-refractivity contribution in [1.82, 2.24) is 4.98 Å². The van der Waals surface area contributed by atoms with E-state index in [1.165, 1.54) is 0 Å². The molecule has 0 aliphatic heterocycles. The molecule has 60 valence electrons. The third kappa shape index (κ3) is 1.14. The van der Waals surface area contributed by atoms with Gasteiger partial charge in [-0.3, -0.25) is 4.98 Å². The number of fused-ring (bicyclic) bond motifs is 1. The van der Waals surface area contributed by atoms with Gasteiger partial charge in [0.25, 0.3) is 0 Å². The molecule has 0 aliphatic carbocycles. The molecule has 0 saturated heterocycles. The third-order valence-electron chi connectivity index (χ3n) is 1.74. The quantitative estimate of drug-likeness (QED) is 0.747. The highest BCUT2D eigenvalue weighted by Gasteiger charge is 2.00. The number of benzene rings is 1. The van der Waals surface area contributed by atoms with Crippen molar-refractivity contribution < 1.29 is 0 Å². The molecule has 0 saturated carbocycles. The molecule has 0 bridgehead atoms. The van der Waals surface area contributed by atoms with Crippen molar-refractivity contribution in [2.24, 2.45) is 0 Å². The molecule has 12 heavy (non-hydrogen) atoms. The van der Waals surface area contributed by atoms with Crippen LogP contribution in [0.3, 0.4) is 0 Å². The maximum Gasteiger partial charge on any atom is 0.0714 e. The van der Waals surface area contributed by atoms with Crippen LogP contribution in [0.2, 0.25) is 0 Å². The van der Waals surface area contributed by atoms with Crippen molar-refractivity contribution in [2.45, 2.75) is 0 Å². The number of nitrogen functional groups attached to an aromatic ring is 1. The molecule has 2 N–H and O–H groups in total. The van der Waals surface area contributed by atoms with Gasteiger partial charge < -0.3 is 5.73 Å².